The molecule has 2 aliphatic rings. The van der Waals surface area contributed by atoms with Crippen LogP contribution in [0.3, 0.4) is 0 Å². The molecule has 268 valence electrons. The Labute approximate surface area is 303 Å². The molecule has 13 heteroatoms. The van der Waals surface area contributed by atoms with Gasteiger partial charge in [-0.3, -0.25) is 19.4 Å². The van der Waals surface area contributed by atoms with Crippen molar-refractivity contribution < 1.29 is 14.6 Å². The van der Waals surface area contributed by atoms with Gasteiger partial charge in [0.25, 0.3) is 11.1 Å². The minimum atomic E-state index is -0.476. The van der Waals surface area contributed by atoms with Gasteiger partial charge in [-0.2, -0.15) is 0 Å². The van der Waals surface area contributed by atoms with E-state index in [1.165, 1.54) is 26.4 Å². The summed E-state index contributed by atoms with van der Waals surface area (Å²) in [5.41, 5.74) is 3.49. The number of aryl methyl sites for hydroxylation is 4. The smallest absolute Gasteiger partial charge is 0.259 e. The van der Waals surface area contributed by atoms with Crippen LogP contribution < -0.4 is 11.1 Å². The fraction of sp³-hybridized carbons (Fsp3) is 0.421. The number of benzene rings is 1. The van der Waals surface area contributed by atoms with Crippen molar-refractivity contribution in [3.8, 4) is 0 Å². The highest BCUT2D eigenvalue weighted by molar-refractivity contribution is 7.19. The fourth-order valence-electron chi connectivity index (χ4n) is 7.25. The first-order valence-electron chi connectivity index (χ1n) is 17.6. The van der Waals surface area contributed by atoms with Crippen molar-refractivity contribution in [2.24, 2.45) is 0 Å². The number of rotatable bonds is 12. The van der Waals surface area contributed by atoms with Crippen LogP contribution >= 0.6 is 22.7 Å². The minimum absolute atomic E-state index is 0.0268. The lowest BCUT2D eigenvalue weighted by molar-refractivity contribution is 0.111. The number of nitrogens with zero attached hydrogens (tertiary/aromatic N) is 4. The van der Waals surface area contributed by atoms with Gasteiger partial charge in [-0.1, -0.05) is 30.3 Å². The predicted octanol–water partition coefficient (Wildman–Crippen LogP) is 5.31. The van der Waals surface area contributed by atoms with Crippen LogP contribution in [-0.4, -0.2) is 65.2 Å². The average Bonchev–Trinajstić information content (AvgIpc) is 3.89. The molecule has 0 aliphatic heterocycles. The van der Waals surface area contributed by atoms with Crippen LogP contribution in [0.5, 0.6) is 0 Å². The molecule has 8 rings (SSSR count). The molecule has 0 radical (unpaired) electrons. The second-order valence-electron chi connectivity index (χ2n) is 13.7. The van der Waals surface area contributed by atoms with Gasteiger partial charge in [-0.15, -0.1) is 22.7 Å². The van der Waals surface area contributed by atoms with Gasteiger partial charge in [-0.05, 0) is 81.2 Å². The molecule has 2 aliphatic carbocycles. The van der Waals surface area contributed by atoms with Crippen LogP contribution in [0.4, 0.5) is 0 Å². The van der Waals surface area contributed by atoms with Crippen LogP contribution in [0, 0.1) is 0 Å². The molecule has 1 aromatic carbocycles. The first-order valence-corrected chi connectivity index (χ1v) is 19.3. The number of aromatic amines is 2. The number of nitrogens with one attached hydrogen (secondary N) is 2. The second-order valence-corrected chi connectivity index (χ2v) is 15.9. The summed E-state index contributed by atoms with van der Waals surface area (Å²) in [5.74, 6) is 2.11. The van der Waals surface area contributed by atoms with Crippen LogP contribution in [0.2, 0.25) is 0 Å². The van der Waals surface area contributed by atoms with Crippen molar-refractivity contribution in [2.75, 3.05) is 13.1 Å². The van der Waals surface area contributed by atoms with Gasteiger partial charge in [0.15, 0.2) is 0 Å². The number of H-pyrrole nitrogens is 2. The van der Waals surface area contributed by atoms with Crippen LogP contribution in [0.25, 0.3) is 20.4 Å². The maximum Gasteiger partial charge on any atom is 0.259 e. The van der Waals surface area contributed by atoms with Gasteiger partial charge in [0.1, 0.15) is 27.1 Å². The van der Waals surface area contributed by atoms with Gasteiger partial charge in [0.05, 0.1) is 48.9 Å². The lowest BCUT2D eigenvalue weighted by Crippen LogP contribution is -2.31. The summed E-state index contributed by atoms with van der Waals surface area (Å²) in [6.07, 6.45) is 7.06. The quantitative estimate of drug-likeness (QED) is 0.132. The zero-order valence-corrected chi connectivity index (χ0v) is 30.6. The normalized spacial score (nSPS) is 15.0. The minimum Gasteiger partial charge on any atom is -0.468 e. The molecule has 2 unspecified atom stereocenters. The number of hydrogen-bond donors (Lipinski definition) is 4. The Morgan fingerprint density at radius 1 is 0.725 bits per heavy atom. The molecule has 4 N–H and O–H groups in total. The standard InChI is InChI=1S/C20H23N3O2S.C18H21N3O3S/c1-13(24)10-23(11-14-6-3-2-4-7-14)12-17-21-19(25)18-15-8-5-9-16(15)26-20(18)22-17;1-11(22)8-21(9-12-4-3-7-24-12)10-15-19-17(23)16-13-5-2-6-14(13)25-18(16)20-15/h2-4,6-7,13,24H,5,8-12H2,1H3,(H,21,22,25);3-4,7,11,22H,2,5-6,8-10H2,1H3,(H,19,20,23). The zero-order chi connectivity index (χ0) is 35.5. The number of aliphatic hydroxyl groups is 2. The van der Waals surface area contributed by atoms with E-state index in [1.54, 1.807) is 42.8 Å². The van der Waals surface area contributed by atoms with Crippen molar-refractivity contribution >= 4 is 43.1 Å². The van der Waals surface area contributed by atoms with Crippen molar-refractivity contribution in [2.45, 2.75) is 90.8 Å². The largest absolute Gasteiger partial charge is 0.468 e. The number of aromatic nitrogens is 4. The van der Waals surface area contributed by atoms with Crippen molar-refractivity contribution in [1.29, 1.82) is 0 Å². The van der Waals surface area contributed by atoms with Crippen LogP contribution in [0.15, 0.2) is 62.7 Å². The first kappa shape index (κ1) is 35.4. The number of thiophene rings is 2. The fourth-order valence-corrected chi connectivity index (χ4v) is 9.81. The first-order chi connectivity index (χ1) is 24.7. The summed E-state index contributed by atoms with van der Waals surface area (Å²) in [5, 5.41) is 21.2. The Kier molecular flexibility index (Phi) is 10.9. The predicted molar refractivity (Wildman–Crippen MR) is 201 cm³/mol. The van der Waals surface area contributed by atoms with Gasteiger partial charge in [-0.25, -0.2) is 9.97 Å². The van der Waals surface area contributed by atoms with Gasteiger partial charge in [0, 0.05) is 29.4 Å². The molecule has 2 atom stereocenters. The SMILES string of the molecule is CC(O)CN(Cc1ccccc1)Cc1nc2sc3c(c2c(=O)[nH]1)CCC3.CC(O)CN(Cc1nc2sc3c(c2c(=O)[nH]1)CCC3)Cc1ccco1. The number of fused-ring (bicyclic) bond motifs is 6. The van der Waals surface area contributed by atoms with Crippen molar-refractivity contribution in [1.82, 2.24) is 29.7 Å². The number of furan rings is 1. The lowest BCUT2D eigenvalue weighted by atomic mass is 10.2. The van der Waals surface area contributed by atoms with E-state index < -0.39 is 12.2 Å². The summed E-state index contributed by atoms with van der Waals surface area (Å²) >= 11 is 3.30. The van der Waals surface area contributed by atoms with E-state index >= 15 is 0 Å². The summed E-state index contributed by atoms with van der Waals surface area (Å²) in [4.78, 5) is 49.0. The van der Waals surface area contributed by atoms with E-state index in [0.29, 0.717) is 50.9 Å². The van der Waals surface area contributed by atoms with E-state index in [9.17, 15) is 19.8 Å². The molecule has 0 saturated carbocycles. The highest BCUT2D eigenvalue weighted by Gasteiger charge is 2.23. The molecule has 5 heterocycles. The second kappa shape index (κ2) is 15.7. The maximum atomic E-state index is 12.6. The number of aliphatic hydroxyl groups excluding tert-OH is 2. The average molecular weight is 729 g/mol. The van der Waals surface area contributed by atoms with E-state index in [4.69, 9.17) is 9.40 Å². The third kappa shape index (κ3) is 8.40. The highest BCUT2D eigenvalue weighted by atomic mass is 32.1. The third-order valence-corrected chi connectivity index (χ3v) is 11.6. The zero-order valence-electron chi connectivity index (χ0n) is 29.0. The molecule has 0 fully saturated rings. The van der Waals surface area contributed by atoms with Crippen LogP contribution in [-0.2, 0) is 51.9 Å². The molecule has 11 nitrogen and oxygen atoms in total. The Morgan fingerprint density at radius 2 is 1.25 bits per heavy atom. The van der Waals surface area contributed by atoms with Crippen LogP contribution in [0.1, 0.15) is 70.5 Å². The van der Waals surface area contributed by atoms with E-state index in [2.05, 4.69) is 32.0 Å². The topological polar surface area (TPSA) is 152 Å². The monoisotopic (exact) mass is 728 g/mol. The maximum absolute atomic E-state index is 12.6. The molecular weight excluding hydrogens is 685 g/mol. The summed E-state index contributed by atoms with van der Waals surface area (Å²) < 4.78 is 5.40. The molecule has 51 heavy (non-hydrogen) atoms. The summed E-state index contributed by atoms with van der Waals surface area (Å²) in [7, 11) is 0. The van der Waals surface area contributed by atoms with E-state index in [0.717, 1.165) is 64.7 Å². The molecule has 0 bridgehead atoms. The summed E-state index contributed by atoms with van der Waals surface area (Å²) in [6, 6.07) is 13.9. The molecule has 0 saturated heterocycles. The number of hydrogen-bond acceptors (Lipinski definition) is 11. The van der Waals surface area contributed by atoms with E-state index in [1.807, 2.05) is 35.2 Å². The van der Waals surface area contributed by atoms with E-state index in [-0.39, 0.29) is 11.1 Å². The van der Waals surface area contributed by atoms with Crippen molar-refractivity contribution in [3.63, 3.8) is 0 Å². The molecule has 6 aromatic rings. The Hall–Kier alpha value is -3.98. The Bertz CT molecular complexity index is 2200. The van der Waals surface area contributed by atoms with Gasteiger partial charge >= 0.3 is 0 Å². The molecule has 5 aromatic heterocycles. The highest BCUT2D eigenvalue weighted by Crippen LogP contribution is 2.35. The molecular formula is C38H44N6O5S2. The third-order valence-electron chi connectivity index (χ3n) is 9.25. The molecule has 0 spiro atoms. The van der Waals surface area contributed by atoms with Crippen molar-refractivity contribution in [3.05, 3.63) is 113 Å². The molecule has 0 amide bonds. The Morgan fingerprint density at radius 3 is 1.75 bits per heavy atom. The Balaban J connectivity index is 0.000000159. The summed E-state index contributed by atoms with van der Waals surface area (Å²) in [6.45, 7) is 6.75. The lowest BCUT2D eigenvalue weighted by Gasteiger charge is -2.23. The van der Waals surface area contributed by atoms with Gasteiger partial charge < -0.3 is 24.6 Å². The van der Waals surface area contributed by atoms with Gasteiger partial charge in [0.2, 0.25) is 0 Å².